The minimum atomic E-state index is -0.333. The van der Waals surface area contributed by atoms with Crippen LogP contribution in [0.5, 0.6) is 0 Å². The fourth-order valence-electron chi connectivity index (χ4n) is 3.03. The van der Waals surface area contributed by atoms with Crippen molar-refractivity contribution in [3.05, 3.63) is 156 Å². The third kappa shape index (κ3) is 12.9. The van der Waals surface area contributed by atoms with Gasteiger partial charge in [0.15, 0.2) is 0 Å². The van der Waals surface area contributed by atoms with Crippen LogP contribution in [0.1, 0.15) is 29.2 Å². The van der Waals surface area contributed by atoms with Crippen molar-refractivity contribution in [2.75, 3.05) is 0 Å². The van der Waals surface area contributed by atoms with E-state index in [1.54, 1.807) is 48.5 Å². The maximum Gasteiger partial charge on any atom is 3.00 e. The quantitative estimate of drug-likeness (QED) is 0.121. The molecule has 0 aliphatic heterocycles. The molecular weight excluding hydrogens is 631 g/mol. The van der Waals surface area contributed by atoms with E-state index in [4.69, 9.17) is 9.90 Å². The first-order valence-corrected chi connectivity index (χ1v) is 11.7. The van der Waals surface area contributed by atoms with Gasteiger partial charge >= 0.3 is 57.9 Å². The number of aliphatic hydroxyl groups is 2. The van der Waals surface area contributed by atoms with Gasteiger partial charge in [0, 0.05) is 11.1 Å². The van der Waals surface area contributed by atoms with Crippen LogP contribution in [0.2, 0.25) is 0 Å². The molecule has 0 bridgehead atoms. The zero-order valence-corrected chi connectivity index (χ0v) is 24.0. The third-order valence-corrected chi connectivity index (χ3v) is 4.83. The summed E-state index contributed by atoms with van der Waals surface area (Å²) >= 11 is 0. The third-order valence-electron chi connectivity index (χ3n) is 4.83. The predicted octanol–water partition coefficient (Wildman–Crippen LogP) is 5.59. The predicted molar refractivity (Wildman–Crippen MR) is 155 cm³/mol. The molecule has 0 atom stereocenters. The summed E-state index contributed by atoms with van der Waals surface area (Å²) in [7, 11) is 0. The number of hydrogen-bond acceptors (Lipinski definition) is 2. The first kappa shape index (κ1) is 33.1. The van der Waals surface area contributed by atoms with Crippen LogP contribution in [0.25, 0.3) is 11.5 Å². The Balaban J connectivity index is 0.000000336. The summed E-state index contributed by atoms with van der Waals surface area (Å²) in [6, 6.07) is 36.4. The second kappa shape index (κ2) is 18.4. The summed E-state index contributed by atoms with van der Waals surface area (Å²) < 4.78 is 0. The van der Waals surface area contributed by atoms with E-state index < -0.39 is 0 Å². The molecule has 4 aromatic rings. The van der Waals surface area contributed by atoms with Crippen molar-refractivity contribution in [2.45, 2.75) is 6.92 Å². The Morgan fingerprint density at radius 3 is 0.949 bits per heavy atom. The van der Waals surface area contributed by atoms with Gasteiger partial charge in [0.05, 0.1) is 23.3 Å². The van der Waals surface area contributed by atoms with Crippen molar-refractivity contribution in [1.82, 2.24) is 0 Å². The van der Waals surface area contributed by atoms with Crippen LogP contribution >= 0.6 is 0 Å². The smallest absolute Gasteiger partial charge is 0.524 e. The van der Waals surface area contributed by atoms with E-state index >= 15 is 0 Å². The Labute approximate surface area is 260 Å². The number of allylic oxidation sites excluding steroid dienone is 2. The molecule has 0 fully saturated rings. The summed E-state index contributed by atoms with van der Waals surface area (Å²) in [4.78, 5) is 27.3. The van der Waals surface area contributed by atoms with E-state index in [9.17, 15) is 19.8 Å². The van der Waals surface area contributed by atoms with Crippen molar-refractivity contribution >= 4 is 29.1 Å². The average Bonchev–Trinajstić information content (AvgIpc) is 2.95. The van der Waals surface area contributed by atoms with Gasteiger partial charge in [-0.1, -0.05) is 97.1 Å². The topological polar surface area (TPSA) is 128 Å². The van der Waals surface area contributed by atoms with Crippen LogP contribution in [-0.2, 0) is 0 Å². The van der Waals surface area contributed by atoms with Gasteiger partial charge in [0.25, 0.3) is 0 Å². The molecule has 1 radical (unpaired) electrons. The van der Waals surface area contributed by atoms with E-state index in [1.165, 1.54) is 19.1 Å². The molecule has 195 valence electrons. The summed E-state index contributed by atoms with van der Waals surface area (Å²) in [5, 5.41) is 25.7. The molecule has 0 aliphatic carbocycles. The first-order valence-electron chi connectivity index (χ1n) is 11.7. The molecule has 0 spiro atoms. The molecule has 0 saturated heterocycles. The van der Waals surface area contributed by atoms with E-state index in [2.05, 4.69) is 0 Å². The summed E-state index contributed by atoms with van der Waals surface area (Å²) in [5.41, 5.74) is 2.70. The van der Waals surface area contributed by atoms with Gasteiger partial charge in [-0.05, 0) is 24.3 Å². The summed E-state index contributed by atoms with van der Waals surface area (Å²) in [5.74, 6) is -0.141. The van der Waals surface area contributed by atoms with Gasteiger partial charge < -0.3 is 15.3 Å². The van der Waals surface area contributed by atoms with Crippen LogP contribution in [0.15, 0.2) is 133 Å². The molecule has 0 heterocycles. The molecule has 4 aromatic carbocycles. The van der Waals surface area contributed by atoms with Crippen LogP contribution in [0.4, 0.5) is 0 Å². The summed E-state index contributed by atoms with van der Waals surface area (Å²) in [6.45, 7) is 1.31. The molecule has 0 saturated carbocycles. The van der Waals surface area contributed by atoms with Gasteiger partial charge in [0.1, 0.15) is 18.4 Å². The maximum absolute atomic E-state index is 9.83. The Kier molecular flexibility index (Phi) is 15.6. The monoisotopic (exact) mass is 664 g/mol. The number of ketones is 2. The molecule has 0 unspecified atom stereocenters. The second-order valence-corrected chi connectivity index (χ2v) is 7.88. The molecule has 0 aliphatic rings. The molecule has 7 N–H and O–H groups in total. The molecule has 6 nitrogen and oxygen atoms in total. The molecule has 39 heavy (non-hydrogen) atoms. The standard InChI is InChI=1S/2C15H12O2.C2H4O2.Sm/c2*16-14(12-7-3-1-4-8-12)11-15(17)13-9-5-2-6-10-13;1-2(3)4;/h2*1-11,16H;1H3,(H,3,4);/q;;;+3/p+4/b2*14-11-;;. The Morgan fingerprint density at radius 2 is 0.718 bits per heavy atom. The zero-order valence-electron chi connectivity index (χ0n) is 21.3. The minimum Gasteiger partial charge on any atom is -0.524 e. The van der Waals surface area contributed by atoms with Gasteiger partial charge in [-0.25, -0.2) is 4.79 Å². The number of hydrogen-bond donors (Lipinski definition) is 2. The SMILES string of the molecule is CC(=[OH+])[OH2+].O/C(=C\C(=[OH+])c1ccccc1)c1ccccc1.O/C(=C\C(=[OH+])c1ccccc1)c1ccccc1.[Sm+3]. The maximum atomic E-state index is 9.83. The summed E-state index contributed by atoms with van der Waals surface area (Å²) in [6.07, 6.45) is 2.70. The first-order chi connectivity index (χ1) is 18.3. The fourth-order valence-corrected chi connectivity index (χ4v) is 3.03. The fraction of sp³-hybridized carbons (Fsp3) is 0.0312. The van der Waals surface area contributed by atoms with Crippen LogP contribution in [0, 0.1) is 40.4 Å². The van der Waals surface area contributed by atoms with Crippen molar-refractivity contribution < 1.29 is 70.1 Å². The molecule has 4 rings (SSSR count). The molecule has 7 heteroatoms. The van der Waals surface area contributed by atoms with Crippen LogP contribution in [-0.4, -0.2) is 47.2 Å². The van der Waals surface area contributed by atoms with Crippen molar-refractivity contribution in [1.29, 1.82) is 0 Å². The van der Waals surface area contributed by atoms with Gasteiger partial charge in [-0.2, -0.15) is 0 Å². The van der Waals surface area contributed by atoms with E-state index in [0.29, 0.717) is 22.3 Å². The largest absolute Gasteiger partial charge is 3.00 e. The van der Waals surface area contributed by atoms with E-state index in [0.717, 1.165) is 0 Å². The van der Waals surface area contributed by atoms with Gasteiger partial charge in [-0.15, -0.1) is 0 Å². The Morgan fingerprint density at radius 1 is 0.513 bits per heavy atom. The van der Waals surface area contributed by atoms with E-state index in [-0.39, 0.29) is 69.4 Å². The van der Waals surface area contributed by atoms with Crippen molar-refractivity contribution in [3.8, 4) is 0 Å². The number of benzene rings is 4. The number of rotatable bonds is 6. The zero-order chi connectivity index (χ0) is 27.8. The molecular formula is C32H32O6Sm+7. The van der Waals surface area contributed by atoms with Crippen LogP contribution < -0.4 is 0 Å². The van der Waals surface area contributed by atoms with Crippen molar-refractivity contribution in [3.63, 3.8) is 0 Å². The second-order valence-electron chi connectivity index (χ2n) is 7.88. The van der Waals surface area contributed by atoms with Crippen LogP contribution in [0.3, 0.4) is 0 Å². The average molecular weight is 663 g/mol. The molecule has 0 amide bonds. The molecule has 0 aromatic heterocycles. The minimum absolute atomic E-state index is 0. The Bertz CT molecular complexity index is 1260. The normalized spacial score (nSPS) is 10.4. The Hall–Kier alpha value is -3.89. The number of aliphatic hydroxyl groups excluding tert-OH is 2. The van der Waals surface area contributed by atoms with Crippen molar-refractivity contribution in [2.24, 2.45) is 0 Å². The number of carbonyl (C=O) groups excluding carboxylic acids is 3. The van der Waals surface area contributed by atoms with Gasteiger partial charge in [-0.3, -0.25) is 9.59 Å². The van der Waals surface area contributed by atoms with E-state index in [1.807, 2.05) is 72.8 Å². The van der Waals surface area contributed by atoms with Gasteiger partial charge in [0.2, 0.25) is 0 Å².